The van der Waals surface area contributed by atoms with Crippen molar-refractivity contribution in [3.63, 3.8) is 0 Å². The molecule has 1 aromatic carbocycles. The van der Waals surface area contributed by atoms with E-state index in [4.69, 9.17) is 32.7 Å². The molecule has 0 spiro atoms. The Morgan fingerprint density at radius 2 is 1.83 bits per heavy atom. The number of halogens is 2. The van der Waals surface area contributed by atoms with E-state index in [0.717, 1.165) is 5.56 Å². The maximum Gasteiger partial charge on any atom is 0.316 e. The summed E-state index contributed by atoms with van der Waals surface area (Å²) in [6.45, 7) is 2.73. The molecule has 1 heterocycles. The van der Waals surface area contributed by atoms with E-state index in [0.29, 0.717) is 23.7 Å². The SMILES string of the molecule is CCOC(=O)CSc1c(Cl)nnc(Cl)c1COCc1ccccc1. The number of ether oxygens (including phenoxy) is 2. The van der Waals surface area contributed by atoms with Gasteiger partial charge >= 0.3 is 5.97 Å². The lowest BCUT2D eigenvalue weighted by atomic mass is 10.2. The zero-order valence-corrected chi connectivity index (χ0v) is 15.3. The van der Waals surface area contributed by atoms with Gasteiger partial charge in [0, 0.05) is 5.56 Å². The van der Waals surface area contributed by atoms with Crippen molar-refractivity contribution >= 4 is 40.9 Å². The van der Waals surface area contributed by atoms with E-state index in [1.807, 2.05) is 30.3 Å². The summed E-state index contributed by atoms with van der Waals surface area (Å²) in [6.07, 6.45) is 0. The Morgan fingerprint density at radius 3 is 2.54 bits per heavy atom. The minimum absolute atomic E-state index is 0.112. The number of thioether (sulfide) groups is 1. The fourth-order valence-corrected chi connectivity index (χ4v) is 3.26. The predicted octanol–water partition coefficient (Wildman–Crippen LogP) is 4.16. The first-order chi connectivity index (χ1) is 11.6. The molecule has 0 aliphatic carbocycles. The number of aromatic nitrogens is 2. The van der Waals surface area contributed by atoms with Gasteiger partial charge in [0.1, 0.15) is 0 Å². The Kier molecular flexibility index (Phi) is 7.78. The van der Waals surface area contributed by atoms with Crippen LogP contribution in [0.2, 0.25) is 10.3 Å². The molecule has 128 valence electrons. The van der Waals surface area contributed by atoms with E-state index in [9.17, 15) is 4.79 Å². The monoisotopic (exact) mass is 386 g/mol. The first-order valence-electron chi connectivity index (χ1n) is 7.22. The van der Waals surface area contributed by atoms with Crippen LogP contribution in [-0.4, -0.2) is 28.5 Å². The van der Waals surface area contributed by atoms with Gasteiger partial charge in [0.05, 0.1) is 30.5 Å². The molecular weight excluding hydrogens is 371 g/mol. The van der Waals surface area contributed by atoms with Crippen LogP contribution in [0.4, 0.5) is 0 Å². The third-order valence-corrected chi connectivity index (χ3v) is 4.72. The molecule has 0 amide bonds. The summed E-state index contributed by atoms with van der Waals surface area (Å²) in [5.74, 6) is -0.219. The van der Waals surface area contributed by atoms with Crippen molar-refractivity contribution in [2.75, 3.05) is 12.4 Å². The van der Waals surface area contributed by atoms with Crippen LogP contribution in [0.3, 0.4) is 0 Å². The van der Waals surface area contributed by atoms with Crippen molar-refractivity contribution in [3.05, 3.63) is 51.8 Å². The molecule has 0 saturated carbocycles. The fourth-order valence-electron chi connectivity index (χ4n) is 1.86. The molecular formula is C16H16Cl2N2O3S. The van der Waals surface area contributed by atoms with Gasteiger partial charge in [0.15, 0.2) is 10.3 Å². The highest BCUT2D eigenvalue weighted by molar-refractivity contribution is 8.00. The maximum atomic E-state index is 11.5. The van der Waals surface area contributed by atoms with Crippen LogP contribution < -0.4 is 0 Å². The third-order valence-electron chi connectivity index (χ3n) is 2.93. The van der Waals surface area contributed by atoms with Gasteiger partial charge in [-0.3, -0.25) is 4.79 Å². The van der Waals surface area contributed by atoms with Crippen LogP contribution in [0, 0.1) is 0 Å². The van der Waals surface area contributed by atoms with Gasteiger partial charge in [-0.25, -0.2) is 0 Å². The number of esters is 1. The van der Waals surface area contributed by atoms with Crippen LogP contribution in [-0.2, 0) is 27.5 Å². The lowest BCUT2D eigenvalue weighted by Gasteiger charge is -2.12. The van der Waals surface area contributed by atoms with Crippen molar-refractivity contribution in [1.82, 2.24) is 10.2 Å². The second-order valence-corrected chi connectivity index (χ2v) is 6.36. The summed E-state index contributed by atoms with van der Waals surface area (Å²) in [4.78, 5) is 12.1. The number of hydrogen-bond acceptors (Lipinski definition) is 6. The maximum absolute atomic E-state index is 11.5. The largest absolute Gasteiger partial charge is 0.465 e. The van der Waals surface area contributed by atoms with Crippen LogP contribution >= 0.6 is 35.0 Å². The van der Waals surface area contributed by atoms with Crippen molar-refractivity contribution in [1.29, 1.82) is 0 Å². The quantitative estimate of drug-likeness (QED) is 0.501. The molecule has 0 saturated heterocycles. The summed E-state index contributed by atoms with van der Waals surface area (Å²) in [5.41, 5.74) is 1.66. The van der Waals surface area contributed by atoms with Crippen molar-refractivity contribution in [2.24, 2.45) is 0 Å². The van der Waals surface area contributed by atoms with Gasteiger partial charge in [-0.05, 0) is 12.5 Å². The average Bonchev–Trinajstić information content (AvgIpc) is 2.58. The number of carbonyl (C=O) groups excluding carboxylic acids is 1. The van der Waals surface area contributed by atoms with Crippen LogP contribution in [0.15, 0.2) is 35.2 Å². The molecule has 0 bridgehead atoms. The van der Waals surface area contributed by atoms with E-state index < -0.39 is 0 Å². The predicted molar refractivity (Wildman–Crippen MR) is 94.3 cm³/mol. The van der Waals surface area contributed by atoms with Crippen LogP contribution in [0.5, 0.6) is 0 Å². The highest BCUT2D eigenvalue weighted by Gasteiger charge is 2.17. The fraction of sp³-hybridized carbons (Fsp3) is 0.312. The van der Waals surface area contributed by atoms with Gasteiger partial charge in [-0.15, -0.1) is 22.0 Å². The minimum atomic E-state index is -0.331. The molecule has 0 radical (unpaired) electrons. The van der Waals surface area contributed by atoms with Crippen molar-refractivity contribution < 1.29 is 14.3 Å². The van der Waals surface area contributed by atoms with Gasteiger partial charge in [-0.2, -0.15) is 0 Å². The molecule has 8 heteroatoms. The molecule has 2 rings (SSSR count). The summed E-state index contributed by atoms with van der Waals surface area (Å²) in [7, 11) is 0. The highest BCUT2D eigenvalue weighted by atomic mass is 35.5. The molecule has 0 atom stereocenters. The van der Waals surface area contributed by atoms with E-state index >= 15 is 0 Å². The number of rotatable bonds is 8. The number of benzene rings is 1. The molecule has 2 aromatic rings. The topological polar surface area (TPSA) is 61.3 Å². The Balaban J connectivity index is 2.04. The van der Waals surface area contributed by atoms with E-state index in [-0.39, 0.29) is 28.6 Å². The third kappa shape index (κ3) is 5.63. The molecule has 0 N–H and O–H groups in total. The molecule has 0 unspecified atom stereocenters. The molecule has 0 aliphatic rings. The summed E-state index contributed by atoms with van der Waals surface area (Å²) in [6, 6.07) is 9.76. The van der Waals surface area contributed by atoms with Gasteiger partial charge < -0.3 is 9.47 Å². The Hall–Kier alpha value is -1.34. The Labute approximate surface area is 154 Å². The summed E-state index contributed by atoms with van der Waals surface area (Å²) >= 11 is 13.4. The average molecular weight is 387 g/mol. The normalized spacial score (nSPS) is 10.6. The molecule has 0 fully saturated rings. The highest BCUT2D eigenvalue weighted by Crippen LogP contribution is 2.33. The zero-order chi connectivity index (χ0) is 17.4. The second kappa shape index (κ2) is 9.84. The van der Waals surface area contributed by atoms with Crippen LogP contribution in [0.1, 0.15) is 18.1 Å². The zero-order valence-electron chi connectivity index (χ0n) is 13.0. The van der Waals surface area contributed by atoms with Gasteiger partial charge in [0.25, 0.3) is 0 Å². The minimum Gasteiger partial charge on any atom is -0.465 e. The standard InChI is InChI=1S/C16H16Cl2N2O3S/c1-2-23-13(21)10-24-14-12(15(17)19-20-16(14)18)9-22-8-11-6-4-3-5-7-11/h3-7H,2,8-10H2,1H3. The number of hydrogen-bond donors (Lipinski definition) is 0. The smallest absolute Gasteiger partial charge is 0.316 e. The second-order valence-electron chi connectivity index (χ2n) is 4.66. The summed E-state index contributed by atoms with van der Waals surface area (Å²) in [5, 5.41) is 7.98. The lowest BCUT2D eigenvalue weighted by molar-refractivity contribution is -0.139. The molecule has 24 heavy (non-hydrogen) atoms. The van der Waals surface area contributed by atoms with Crippen molar-refractivity contribution in [3.8, 4) is 0 Å². The molecule has 5 nitrogen and oxygen atoms in total. The lowest BCUT2D eigenvalue weighted by Crippen LogP contribution is -2.08. The Bertz CT molecular complexity index is 687. The van der Waals surface area contributed by atoms with Crippen molar-refractivity contribution in [2.45, 2.75) is 25.0 Å². The first-order valence-corrected chi connectivity index (χ1v) is 8.96. The van der Waals surface area contributed by atoms with E-state index in [1.54, 1.807) is 6.92 Å². The molecule has 1 aromatic heterocycles. The van der Waals surface area contributed by atoms with E-state index in [2.05, 4.69) is 10.2 Å². The van der Waals surface area contributed by atoms with Gasteiger partial charge in [0.2, 0.25) is 0 Å². The number of carbonyl (C=O) groups is 1. The van der Waals surface area contributed by atoms with Gasteiger partial charge in [-0.1, -0.05) is 53.5 Å². The van der Waals surface area contributed by atoms with Crippen LogP contribution in [0.25, 0.3) is 0 Å². The molecule has 0 aliphatic heterocycles. The summed E-state index contributed by atoms with van der Waals surface area (Å²) < 4.78 is 10.6. The Morgan fingerprint density at radius 1 is 1.12 bits per heavy atom. The van der Waals surface area contributed by atoms with E-state index in [1.165, 1.54) is 11.8 Å². The first kappa shape index (κ1) is 19.0. The number of nitrogens with zero attached hydrogens (tertiary/aromatic N) is 2.